The number of hydrogen-bond donors (Lipinski definition) is 0. The third-order valence-corrected chi connectivity index (χ3v) is 7.48. The largest absolute Gasteiger partial charge is 0.450 e. The molecule has 3 rings (SSSR count). The second kappa shape index (κ2) is 9.38. The van der Waals surface area contributed by atoms with Gasteiger partial charge in [-0.2, -0.15) is 17.0 Å². The van der Waals surface area contributed by atoms with E-state index in [1.165, 1.54) is 13.5 Å². The Morgan fingerprint density at radius 3 is 2.29 bits per heavy atom. The minimum absolute atomic E-state index is 0.0235. The molecular weight excluding hydrogens is 388 g/mol. The van der Waals surface area contributed by atoms with Crippen LogP contribution >= 0.6 is 0 Å². The second-order valence-corrected chi connectivity index (χ2v) is 9.16. The zero-order valence-corrected chi connectivity index (χ0v) is 17.2. The lowest BCUT2D eigenvalue weighted by atomic mass is 9.98. The van der Waals surface area contributed by atoms with E-state index in [-0.39, 0.29) is 31.5 Å². The molecule has 0 aromatic rings. The summed E-state index contributed by atoms with van der Waals surface area (Å²) in [6.07, 6.45) is 0.968. The van der Waals surface area contributed by atoms with Gasteiger partial charge in [0.25, 0.3) is 10.2 Å². The van der Waals surface area contributed by atoms with Crippen molar-refractivity contribution in [3.8, 4) is 0 Å². The minimum atomic E-state index is -3.65. The topological polar surface area (TPSA) is 99.7 Å². The van der Waals surface area contributed by atoms with Gasteiger partial charge in [-0.05, 0) is 19.8 Å². The molecule has 1 unspecified atom stereocenters. The zero-order chi connectivity index (χ0) is 20.1. The molecule has 2 amide bonds. The van der Waals surface area contributed by atoms with Gasteiger partial charge in [-0.15, -0.1) is 0 Å². The summed E-state index contributed by atoms with van der Waals surface area (Å²) >= 11 is 0. The summed E-state index contributed by atoms with van der Waals surface area (Å²) in [6, 6.07) is 0. The molecule has 28 heavy (non-hydrogen) atoms. The second-order valence-electron chi connectivity index (χ2n) is 7.23. The van der Waals surface area contributed by atoms with Crippen molar-refractivity contribution in [2.24, 2.45) is 5.92 Å². The Hall–Kier alpha value is -1.43. The normalized spacial score (nSPS) is 25.5. The summed E-state index contributed by atoms with van der Waals surface area (Å²) in [6.45, 7) is 5.97. The molecule has 0 spiro atoms. The maximum Gasteiger partial charge on any atom is 0.409 e. The molecule has 3 saturated heterocycles. The third kappa shape index (κ3) is 4.76. The van der Waals surface area contributed by atoms with Crippen molar-refractivity contribution in [2.75, 3.05) is 72.2 Å². The highest BCUT2D eigenvalue weighted by Gasteiger charge is 2.39. The van der Waals surface area contributed by atoms with Crippen molar-refractivity contribution in [2.45, 2.75) is 19.8 Å². The number of piperidine rings is 1. The van der Waals surface area contributed by atoms with Gasteiger partial charge >= 0.3 is 6.09 Å². The molecular formula is C17H30N4O6S. The van der Waals surface area contributed by atoms with Gasteiger partial charge in [0.05, 0.1) is 25.7 Å². The number of rotatable bonds is 4. The lowest BCUT2D eigenvalue weighted by Gasteiger charge is -2.39. The van der Waals surface area contributed by atoms with E-state index in [4.69, 9.17) is 9.47 Å². The number of hydrogen-bond acceptors (Lipinski definition) is 6. The van der Waals surface area contributed by atoms with E-state index in [2.05, 4.69) is 0 Å². The van der Waals surface area contributed by atoms with Gasteiger partial charge in [-0.1, -0.05) is 0 Å². The summed E-state index contributed by atoms with van der Waals surface area (Å²) in [5, 5.41) is 0. The summed E-state index contributed by atoms with van der Waals surface area (Å²) in [4.78, 5) is 27.9. The first kappa shape index (κ1) is 21.3. The maximum absolute atomic E-state index is 13.1. The standard InChI is InChI=1S/C17H30N4O6S/c1-2-27-17(23)19-6-8-20(9-7-19)28(24,25)21-5-3-4-15(14-21)16(22)18-10-12-26-13-11-18/h15H,2-14H2,1H3. The molecule has 3 fully saturated rings. The fourth-order valence-electron chi connectivity index (χ4n) is 3.87. The molecule has 3 heterocycles. The van der Waals surface area contributed by atoms with Gasteiger partial charge in [-0.25, -0.2) is 4.79 Å². The molecule has 3 aliphatic rings. The molecule has 0 radical (unpaired) electrons. The minimum Gasteiger partial charge on any atom is -0.450 e. The number of carbonyl (C=O) groups is 2. The van der Waals surface area contributed by atoms with Crippen molar-refractivity contribution in [3.63, 3.8) is 0 Å². The van der Waals surface area contributed by atoms with Gasteiger partial charge in [0.1, 0.15) is 0 Å². The van der Waals surface area contributed by atoms with Crippen LogP contribution in [0.2, 0.25) is 0 Å². The van der Waals surface area contributed by atoms with E-state index >= 15 is 0 Å². The highest BCUT2D eigenvalue weighted by Crippen LogP contribution is 2.24. The van der Waals surface area contributed by atoms with Crippen LogP contribution in [0.5, 0.6) is 0 Å². The quantitative estimate of drug-likeness (QED) is 0.615. The van der Waals surface area contributed by atoms with Crippen molar-refractivity contribution >= 4 is 22.2 Å². The SMILES string of the molecule is CCOC(=O)N1CCN(S(=O)(=O)N2CCCC(C(=O)N3CCOCC3)C2)CC1. The molecule has 1 atom stereocenters. The summed E-state index contributed by atoms with van der Waals surface area (Å²) in [7, 11) is -3.65. The number of piperazine rings is 1. The first-order valence-electron chi connectivity index (χ1n) is 9.97. The summed E-state index contributed by atoms with van der Waals surface area (Å²) in [5.74, 6) is -0.280. The maximum atomic E-state index is 13.1. The van der Waals surface area contributed by atoms with Crippen LogP contribution in [-0.2, 0) is 24.5 Å². The molecule has 0 saturated carbocycles. The molecule has 10 nitrogen and oxygen atoms in total. The van der Waals surface area contributed by atoms with Crippen molar-refractivity contribution in [1.29, 1.82) is 0 Å². The van der Waals surface area contributed by atoms with E-state index in [0.29, 0.717) is 65.4 Å². The monoisotopic (exact) mass is 418 g/mol. The lowest BCUT2D eigenvalue weighted by molar-refractivity contribution is -0.140. The molecule has 0 aliphatic carbocycles. The first-order valence-corrected chi connectivity index (χ1v) is 11.4. The van der Waals surface area contributed by atoms with Crippen LogP contribution in [0.3, 0.4) is 0 Å². The van der Waals surface area contributed by atoms with E-state index in [9.17, 15) is 18.0 Å². The molecule has 11 heteroatoms. The van der Waals surface area contributed by atoms with Crippen molar-refractivity contribution in [1.82, 2.24) is 18.4 Å². The number of ether oxygens (including phenoxy) is 2. The smallest absolute Gasteiger partial charge is 0.409 e. The lowest BCUT2D eigenvalue weighted by Crippen LogP contribution is -2.56. The molecule has 3 aliphatic heterocycles. The van der Waals surface area contributed by atoms with Crippen LogP contribution in [0.1, 0.15) is 19.8 Å². The van der Waals surface area contributed by atoms with Crippen molar-refractivity contribution < 1.29 is 27.5 Å². The number of carbonyl (C=O) groups excluding carboxylic acids is 2. The Kier molecular flexibility index (Phi) is 7.13. The van der Waals surface area contributed by atoms with Crippen molar-refractivity contribution in [3.05, 3.63) is 0 Å². The predicted molar refractivity (Wildman–Crippen MR) is 101 cm³/mol. The fourth-order valence-corrected chi connectivity index (χ4v) is 5.55. The Morgan fingerprint density at radius 1 is 0.964 bits per heavy atom. The van der Waals surface area contributed by atoms with Gasteiger partial charge in [-0.3, -0.25) is 4.79 Å². The van der Waals surface area contributed by atoms with Crippen LogP contribution in [0.25, 0.3) is 0 Å². The average Bonchev–Trinajstić information content (AvgIpc) is 2.74. The van der Waals surface area contributed by atoms with Gasteiger partial charge in [0.2, 0.25) is 5.91 Å². The number of nitrogens with zero attached hydrogens (tertiary/aromatic N) is 4. The predicted octanol–water partition coefficient (Wildman–Crippen LogP) is -0.424. The van der Waals surface area contributed by atoms with Crippen LogP contribution in [0, 0.1) is 5.92 Å². The fraction of sp³-hybridized carbons (Fsp3) is 0.882. The van der Waals surface area contributed by atoms with Gasteiger partial charge < -0.3 is 19.3 Å². The molecule has 0 aromatic carbocycles. The van der Waals surface area contributed by atoms with Crippen LogP contribution in [0.15, 0.2) is 0 Å². The highest BCUT2D eigenvalue weighted by molar-refractivity contribution is 7.86. The Bertz CT molecular complexity index is 659. The van der Waals surface area contributed by atoms with Crippen LogP contribution < -0.4 is 0 Å². The van der Waals surface area contributed by atoms with Crippen LogP contribution in [0.4, 0.5) is 4.79 Å². The molecule has 0 aromatic heterocycles. The Morgan fingerprint density at radius 2 is 1.64 bits per heavy atom. The zero-order valence-electron chi connectivity index (χ0n) is 16.4. The average molecular weight is 419 g/mol. The van der Waals surface area contributed by atoms with E-state index in [1.807, 2.05) is 0 Å². The summed E-state index contributed by atoms with van der Waals surface area (Å²) < 4.78 is 39.2. The highest BCUT2D eigenvalue weighted by atomic mass is 32.2. The van der Waals surface area contributed by atoms with E-state index in [1.54, 1.807) is 11.8 Å². The first-order chi connectivity index (χ1) is 13.4. The van der Waals surface area contributed by atoms with Crippen LogP contribution in [-0.4, -0.2) is 111 Å². The van der Waals surface area contributed by atoms with E-state index < -0.39 is 16.3 Å². The van der Waals surface area contributed by atoms with Gasteiger partial charge in [0, 0.05) is 52.4 Å². The molecule has 0 bridgehead atoms. The Labute approximate surface area is 166 Å². The summed E-state index contributed by atoms with van der Waals surface area (Å²) in [5.41, 5.74) is 0. The number of amides is 2. The number of morpholine rings is 1. The van der Waals surface area contributed by atoms with E-state index in [0.717, 1.165) is 0 Å². The third-order valence-electron chi connectivity index (χ3n) is 5.47. The molecule has 0 N–H and O–H groups in total. The van der Waals surface area contributed by atoms with Gasteiger partial charge in [0.15, 0.2) is 0 Å². The molecule has 160 valence electrons. The Balaban J connectivity index is 1.57.